The van der Waals surface area contributed by atoms with E-state index in [0.717, 1.165) is 24.0 Å². The van der Waals surface area contributed by atoms with E-state index in [-0.39, 0.29) is 17.3 Å². The number of aromatic nitrogens is 1. The highest BCUT2D eigenvalue weighted by atomic mass is 16.3. The van der Waals surface area contributed by atoms with E-state index in [1.54, 1.807) is 19.1 Å². The molecule has 1 N–H and O–H groups in total. The van der Waals surface area contributed by atoms with E-state index in [0.29, 0.717) is 30.0 Å². The monoisotopic (exact) mass is 337 g/mol. The number of aliphatic hydroxyl groups is 1. The number of carbonyl (C=O) groups is 2. The van der Waals surface area contributed by atoms with Gasteiger partial charge in [-0.3, -0.25) is 9.59 Å². The van der Waals surface area contributed by atoms with Crippen molar-refractivity contribution in [3.8, 4) is 0 Å². The van der Waals surface area contributed by atoms with Crippen molar-refractivity contribution in [3.05, 3.63) is 64.5 Å². The summed E-state index contributed by atoms with van der Waals surface area (Å²) in [6.07, 6.45) is 2.04. The number of Topliss-reactive ketones (excluding diaryl/α,β-unsaturated/α-hetero) is 2. The minimum atomic E-state index is -0.960. The normalized spacial score (nSPS) is 15.0. The second kappa shape index (κ2) is 7.28. The van der Waals surface area contributed by atoms with Gasteiger partial charge in [-0.2, -0.15) is 0 Å². The summed E-state index contributed by atoms with van der Waals surface area (Å²) >= 11 is 0. The van der Waals surface area contributed by atoms with Gasteiger partial charge in [0.15, 0.2) is 11.6 Å². The molecule has 0 saturated heterocycles. The van der Waals surface area contributed by atoms with Gasteiger partial charge in [0.2, 0.25) is 0 Å². The minimum absolute atomic E-state index is 0.0216. The fourth-order valence-electron chi connectivity index (χ4n) is 2.93. The van der Waals surface area contributed by atoms with Gasteiger partial charge in [-0.1, -0.05) is 31.2 Å². The Morgan fingerprint density at radius 1 is 1.20 bits per heavy atom. The van der Waals surface area contributed by atoms with Crippen molar-refractivity contribution in [1.29, 1.82) is 0 Å². The van der Waals surface area contributed by atoms with E-state index in [2.05, 4.69) is 4.98 Å². The summed E-state index contributed by atoms with van der Waals surface area (Å²) in [5, 5.41) is 10.8. The van der Waals surface area contributed by atoms with Crippen molar-refractivity contribution in [1.82, 2.24) is 4.98 Å². The lowest BCUT2D eigenvalue weighted by Gasteiger charge is -2.15. The van der Waals surface area contributed by atoms with Crippen LogP contribution in [0.5, 0.6) is 0 Å². The quantitative estimate of drug-likeness (QED) is 0.774. The van der Waals surface area contributed by atoms with Crippen molar-refractivity contribution in [2.45, 2.75) is 45.6 Å². The molecule has 1 aliphatic carbocycles. The fourth-order valence-corrected chi connectivity index (χ4v) is 2.93. The first-order valence-electron chi connectivity index (χ1n) is 8.81. The van der Waals surface area contributed by atoms with E-state index in [1.807, 2.05) is 31.2 Å². The van der Waals surface area contributed by atoms with E-state index in [1.165, 1.54) is 0 Å². The van der Waals surface area contributed by atoms with Gasteiger partial charge in [0.25, 0.3) is 0 Å². The average molecular weight is 337 g/mol. The zero-order chi connectivity index (χ0) is 18.0. The van der Waals surface area contributed by atoms with E-state index < -0.39 is 6.10 Å². The maximum absolute atomic E-state index is 12.5. The second-order valence-electron chi connectivity index (χ2n) is 6.77. The summed E-state index contributed by atoms with van der Waals surface area (Å²) in [6.45, 7) is 3.68. The number of aliphatic hydroxyl groups excluding tert-OH is 1. The molecule has 0 amide bonds. The van der Waals surface area contributed by atoms with Gasteiger partial charge in [0.05, 0.1) is 5.69 Å². The van der Waals surface area contributed by atoms with E-state index in [9.17, 15) is 14.7 Å². The summed E-state index contributed by atoms with van der Waals surface area (Å²) in [5.41, 5.74) is 2.76. The van der Waals surface area contributed by atoms with Crippen molar-refractivity contribution in [2.24, 2.45) is 5.92 Å². The fraction of sp³-hybridized carbons (Fsp3) is 0.381. The van der Waals surface area contributed by atoms with Crippen LogP contribution in [0.4, 0.5) is 0 Å². The van der Waals surface area contributed by atoms with E-state index in [4.69, 9.17) is 0 Å². The first kappa shape index (κ1) is 17.5. The van der Waals surface area contributed by atoms with Crippen LogP contribution in [-0.2, 0) is 0 Å². The summed E-state index contributed by atoms with van der Waals surface area (Å²) in [4.78, 5) is 29.0. The van der Waals surface area contributed by atoms with Crippen LogP contribution in [0.2, 0.25) is 0 Å². The number of carbonyl (C=O) groups excluding carboxylic acids is 2. The molecule has 1 saturated carbocycles. The van der Waals surface area contributed by atoms with Crippen molar-refractivity contribution >= 4 is 11.6 Å². The number of hydrogen-bond donors (Lipinski definition) is 1. The average Bonchev–Trinajstić information content (AvgIpc) is 3.44. The Morgan fingerprint density at radius 2 is 1.92 bits per heavy atom. The lowest BCUT2D eigenvalue weighted by molar-refractivity contribution is 0.0975. The van der Waals surface area contributed by atoms with Gasteiger partial charge in [0.1, 0.15) is 11.8 Å². The van der Waals surface area contributed by atoms with Gasteiger partial charge >= 0.3 is 0 Å². The molecule has 0 aliphatic heterocycles. The molecule has 4 heteroatoms. The molecule has 0 radical (unpaired) electrons. The molecular weight excluding hydrogens is 314 g/mol. The predicted molar refractivity (Wildman–Crippen MR) is 95.8 cm³/mol. The van der Waals surface area contributed by atoms with Crippen LogP contribution < -0.4 is 0 Å². The summed E-state index contributed by atoms with van der Waals surface area (Å²) < 4.78 is 0. The molecule has 0 spiro atoms. The van der Waals surface area contributed by atoms with Crippen molar-refractivity contribution in [2.75, 3.05) is 0 Å². The molecule has 1 fully saturated rings. The van der Waals surface area contributed by atoms with Crippen LogP contribution in [0, 0.1) is 12.8 Å². The number of pyridine rings is 1. The Labute approximate surface area is 147 Å². The zero-order valence-corrected chi connectivity index (χ0v) is 14.7. The van der Waals surface area contributed by atoms with Crippen LogP contribution in [0.1, 0.15) is 76.4 Å². The van der Waals surface area contributed by atoms with Crippen LogP contribution in [0.25, 0.3) is 0 Å². The van der Waals surface area contributed by atoms with Gasteiger partial charge in [0, 0.05) is 18.4 Å². The number of aryl methyl sites for hydroxylation is 1. The summed E-state index contributed by atoms with van der Waals surface area (Å²) in [7, 11) is 0. The Kier molecular flexibility index (Phi) is 5.09. The van der Waals surface area contributed by atoms with Gasteiger partial charge in [-0.05, 0) is 48.9 Å². The number of rotatable bonds is 7. The lowest BCUT2D eigenvalue weighted by Crippen LogP contribution is -2.12. The first-order chi connectivity index (χ1) is 12.0. The number of nitrogens with zero attached hydrogens (tertiary/aromatic N) is 1. The number of hydrogen-bond acceptors (Lipinski definition) is 4. The molecular formula is C21H23NO3. The highest BCUT2D eigenvalue weighted by molar-refractivity contribution is 6.00. The molecule has 1 aromatic carbocycles. The summed E-state index contributed by atoms with van der Waals surface area (Å²) in [6, 6.07) is 10.7. The third kappa shape index (κ3) is 4.02. The summed E-state index contributed by atoms with van der Waals surface area (Å²) in [5.74, 6) is 0.364. The lowest BCUT2D eigenvalue weighted by atomic mass is 9.97. The molecule has 1 aromatic heterocycles. The van der Waals surface area contributed by atoms with Crippen LogP contribution >= 0.6 is 0 Å². The maximum atomic E-state index is 12.5. The molecule has 2 aromatic rings. The molecule has 0 unspecified atom stereocenters. The van der Waals surface area contributed by atoms with Crippen LogP contribution in [0.15, 0.2) is 36.4 Å². The molecule has 1 aliphatic rings. The van der Waals surface area contributed by atoms with Crippen LogP contribution in [-0.4, -0.2) is 21.7 Å². The highest BCUT2D eigenvalue weighted by Crippen LogP contribution is 2.34. The molecule has 4 nitrogen and oxygen atoms in total. The van der Waals surface area contributed by atoms with Gasteiger partial charge in [-0.25, -0.2) is 4.98 Å². The SMILES string of the molecule is CCC(=O)c1cc(C(=O)CC2CC2)cc([C@@H](O)c2ccccc2C)n1. The maximum Gasteiger partial charge on any atom is 0.180 e. The predicted octanol–water partition coefficient (Wildman–Crippen LogP) is 4.05. The molecule has 0 bridgehead atoms. The molecule has 130 valence electrons. The molecule has 1 atom stereocenters. The van der Waals surface area contributed by atoms with Gasteiger partial charge in [-0.15, -0.1) is 0 Å². The topological polar surface area (TPSA) is 67.3 Å². The largest absolute Gasteiger partial charge is 0.382 e. The molecule has 3 rings (SSSR count). The zero-order valence-electron chi connectivity index (χ0n) is 14.7. The Bertz CT molecular complexity index is 809. The Hall–Kier alpha value is -2.33. The second-order valence-corrected chi connectivity index (χ2v) is 6.77. The standard InChI is InChI=1S/C21H23NO3/c1-3-19(23)17-11-15(20(24)10-14-8-9-14)12-18(22-17)21(25)16-7-5-4-6-13(16)2/h4-7,11-12,14,21,25H,3,8-10H2,1-2H3/t21-/m0/s1. The third-order valence-corrected chi connectivity index (χ3v) is 4.71. The molecule has 1 heterocycles. The van der Waals surface area contributed by atoms with Crippen molar-refractivity contribution in [3.63, 3.8) is 0 Å². The van der Waals surface area contributed by atoms with E-state index >= 15 is 0 Å². The first-order valence-corrected chi connectivity index (χ1v) is 8.81. The van der Waals surface area contributed by atoms with Gasteiger partial charge < -0.3 is 5.11 Å². The Balaban J connectivity index is 2.00. The minimum Gasteiger partial charge on any atom is -0.382 e. The number of benzene rings is 1. The van der Waals surface area contributed by atoms with Crippen molar-refractivity contribution < 1.29 is 14.7 Å². The highest BCUT2D eigenvalue weighted by Gasteiger charge is 2.26. The number of ketones is 2. The Morgan fingerprint density at radius 3 is 2.56 bits per heavy atom. The van der Waals surface area contributed by atoms with Crippen LogP contribution in [0.3, 0.4) is 0 Å². The third-order valence-electron chi connectivity index (χ3n) is 4.71. The smallest absolute Gasteiger partial charge is 0.180 e. The molecule has 25 heavy (non-hydrogen) atoms.